The second-order valence-corrected chi connectivity index (χ2v) is 6.95. The molecule has 0 bridgehead atoms. The largest absolute Gasteiger partial charge is 0.344 e. The highest BCUT2D eigenvalue weighted by Crippen LogP contribution is 2.25. The zero-order chi connectivity index (χ0) is 15.5. The van der Waals surface area contributed by atoms with Gasteiger partial charge >= 0.3 is 0 Å². The molecule has 124 valence electrons. The number of hydrogen-bond acceptors (Lipinski definition) is 2. The summed E-state index contributed by atoms with van der Waals surface area (Å²) < 4.78 is 0. The van der Waals surface area contributed by atoms with Gasteiger partial charge in [-0.15, -0.1) is 12.4 Å². The lowest BCUT2D eigenvalue weighted by molar-refractivity contribution is -0.133. The Balaban J connectivity index is 0.00000242. The molecule has 0 radical (unpaired) electrons. The van der Waals surface area contributed by atoms with Crippen LogP contribution in [-0.2, 0) is 10.2 Å². The Hall–Kier alpha value is -1.06. The quantitative estimate of drug-likeness (QED) is 0.921. The Labute approximate surface area is 140 Å². The predicted molar refractivity (Wildman–Crippen MR) is 94.7 cm³/mol. The van der Waals surface area contributed by atoms with Gasteiger partial charge in [0.15, 0.2) is 0 Å². The van der Waals surface area contributed by atoms with Gasteiger partial charge in [0.05, 0.1) is 6.04 Å². The number of nitrogens with one attached hydrogen (secondary N) is 1. The minimum atomic E-state index is -0.0349. The van der Waals surface area contributed by atoms with Crippen molar-refractivity contribution in [2.45, 2.75) is 51.5 Å². The third-order valence-corrected chi connectivity index (χ3v) is 4.45. The van der Waals surface area contributed by atoms with E-state index in [-0.39, 0.29) is 29.8 Å². The number of benzene rings is 1. The van der Waals surface area contributed by atoms with Crippen LogP contribution in [0.5, 0.6) is 0 Å². The second-order valence-electron chi connectivity index (χ2n) is 6.95. The van der Waals surface area contributed by atoms with Gasteiger partial charge in [0, 0.05) is 19.0 Å². The number of carbonyl (C=O) groups is 1. The topological polar surface area (TPSA) is 32.3 Å². The van der Waals surface area contributed by atoms with Crippen molar-refractivity contribution < 1.29 is 4.79 Å². The molecule has 2 rings (SSSR count). The standard InChI is InChI=1S/C18H28N2O.ClH/c1-14-8-10-15(11-9-14)18(2,3)13-20(4)17(21)16-7-5-6-12-19-16;/h8-11,16,19H,5-7,12-13H2,1-4H3;1H. The summed E-state index contributed by atoms with van der Waals surface area (Å²) in [6, 6.07) is 8.64. The number of hydrogen-bond donors (Lipinski definition) is 1. The molecule has 0 saturated carbocycles. The Morgan fingerprint density at radius 2 is 1.91 bits per heavy atom. The zero-order valence-corrected chi connectivity index (χ0v) is 15.0. The van der Waals surface area contributed by atoms with Crippen LogP contribution in [0.2, 0.25) is 0 Å². The maximum absolute atomic E-state index is 12.5. The molecule has 0 spiro atoms. The minimum absolute atomic E-state index is 0. The Kier molecular flexibility index (Phi) is 6.89. The molecule has 1 heterocycles. The molecular formula is C18H29ClN2O. The first-order chi connectivity index (χ1) is 9.90. The normalized spacial score (nSPS) is 18.5. The van der Waals surface area contributed by atoms with Crippen molar-refractivity contribution in [2.75, 3.05) is 20.1 Å². The second kappa shape index (κ2) is 7.98. The van der Waals surface area contributed by atoms with Crippen LogP contribution >= 0.6 is 12.4 Å². The van der Waals surface area contributed by atoms with Gasteiger partial charge < -0.3 is 10.2 Å². The number of amides is 1. The van der Waals surface area contributed by atoms with Crippen LogP contribution < -0.4 is 5.32 Å². The van der Waals surface area contributed by atoms with Gasteiger partial charge in [0.2, 0.25) is 5.91 Å². The van der Waals surface area contributed by atoms with Crippen molar-refractivity contribution in [1.82, 2.24) is 10.2 Å². The van der Waals surface area contributed by atoms with Gasteiger partial charge in [-0.3, -0.25) is 4.79 Å². The fourth-order valence-electron chi connectivity index (χ4n) is 3.10. The highest BCUT2D eigenvalue weighted by Gasteiger charge is 2.28. The molecule has 0 aromatic heterocycles. The number of piperidine rings is 1. The van der Waals surface area contributed by atoms with Crippen LogP contribution in [-0.4, -0.2) is 37.0 Å². The van der Waals surface area contributed by atoms with E-state index in [0.29, 0.717) is 0 Å². The Morgan fingerprint density at radius 3 is 2.45 bits per heavy atom. The molecule has 1 unspecified atom stereocenters. The van der Waals surface area contributed by atoms with Crippen molar-refractivity contribution >= 4 is 18.3 Å². The molecule has 1 aromatic carbocycles. The summed E-state index contributed by atoms with van der Waals surface area (Å²) in [5.41, 5.74) is 2.52. The summed E-state index contributed by atoms with van der Waals surface area (Å²) in [6.07, 6.45) is 3.30. The molecule has 1 saturated heterocycles. The first-order valence-electron chi connectivity index (χ1n) is 7.96. The zero-order valence-electron chi connectivity index (χ0n) is 14.2. The molecule has 1 amide bonds. The smallest absolute Gasteiger partial charge is 0.239 e. The van der Waals surface area contributed by atoms with Crippen LogP contribution in [0.1, 0.15) is 44.2 Å². The van der Waals surface area contributed by atoms with E-state index in [9.17, 15) is 4.79 Å². The van der Waals surface area contributed by atoms with Crippen molar-refractivity contribution in [3.63, 3.8) is 0 Å². The first kappa shape index (κ1) is 19.0. The third kappa shape index (κ3) is 4.72. The molecule has 3 nitrogen and oxygen atoms in total. The highest BCUT2D eigenvalue weighted by molar-refractivity contribution is 5.85. The van der Waals surface area contributed by atoms with Crippen molar-refractivity contribution in [3.05, 3.63) is 35.4 Å². The van der Waals surface area contributed by atoms with Gasteiger partial charge in [-0.05, 0) is 31.9 Å². The number of carbonyl (C=O) groups excluding carboxylic acids is 1. The lowest BCUT2D eigenvalue weighted by Crippen LogP contribution is -2.49. The van der Waals surface area contributed by atoms with Gasteiger partial charge in [-0.1, -0.05) is 50.1 Å². The van der Waals surface area contributed by atoms with Crippen LogP contribution in [0.25, 0.3) is 0 Å². The van der Waals surface area contributed by atoms with Crippen LogP contribution in [0, 0.1) is 6.92 Å². The van der Waals surface area contributed by atoms with E-state index in [4.69, 9.17) is 0 Å². The molecule has 4 heteroatoms. The van der Waals surface area contributed by atoms with Crippen LogP contribution in [0.4, 0.5) is 0 Å². The maximum atomic E-state index is 12.5. The molecule has 22 heavy (non-hydrogen) atoms. The molecule has 1 fully saturated rings. The third-order valence-electron chi connectivity index (χ3n) is 4.45. The summed E-state index contributed by atoms with van der Waals surface area (Å²) in [7, 11) is 1.93. The van der Waals surface area contributed by atoms with Gasteiger partial charge in [-0.25, -0.2) is 0 Å². The summed E-state index contributed by atoms with van der Waals surface area (Å²) in [5, 5.41) is 3.34. The van der Waals surface area contributed by atoms with Gasteiger partial charge in [0.25, 0.3) is 0 Å². The fraction of sp³-hybridized carbons (Fsp3) is 0.611. The monoisotopic (exact) mass is 324 g/mol. The fourth-order valence-corrected chi connectivity index (χ4v) is 3.10. The number of rotatable bonds is 4. The summed E-state index contributed by atoms with van der Waals surface area (Å²) in [6.45, 7) is 8.21. The summed E-state index contributed by atoms with van der Waals surface area (Å²) >= 11 is 0. The van der Waals surface area contributed by atoms with E-state index >= 15 is 0 Å². The first-order valence-corrected chi connectivity index (χ1v) is 7.96. The van der Waals surface area contributed by atoms with Gasteiger partial charge in [-0.2, -0.15) is 0 Å². The Morgan fingerprint density at radius 1 is 1.27 bits per heavy atom. The molecule has 0 aliphatic carbocycles. The van der Waals surface area contributed by atoms with Crippen LogP contribution in [0.3, 0.4) is 0 Å². The van der Waals surface area contributed by atoms with E-state index in [0.717, 1.165) is 25.9 Å². The lowest BCUT2D eigenvalue weighted by atomic mass is 9.83. The molecule has 1 aliphatic rings. The average molecular weight is 325 g/mol. The summed E-state index contributed by atoms with van der Waals surface area (Å²) in [5.74, 6) is 0.231. The van der Waals surface area contributed by atoms with E-state index in [1.54, 1.807) is 0 Å². The van der Waals surface area contributed by atoms with E-state index in [2.05, 4.69) is 50.4 Å². The number of aryl methyl sites for hydroxylation is 1. The predicted octanol–water partition coefficient (Wildman–Crippen LogP) is 3.29. The minimum Gasteiger partial charge on any atom is -0.344 e. The van der Waals surface area contributed by atoms with Crippen molar-refractivity contribution in [2.24, 2.45) is 0 Å². The summed E-state index contributed by atoms with van der Waals surface area (Å²) in [4.78, 5) is 14.4. The van der Waals surface area contributed by atoms with Gasteiger partial charge in [0.1, 0.15) is 0 Å². The molecular weight excluding hydrogens is 296 g/mol. The highest BCUT2D eigenvalue weighted by atomic mass is 35.5. The molecule has 1 atom stereocenters. The maximum Gasteiger partial charge on any atom is 0.239 e. The lowest BCUT2D eigenvalue weighted by Gasteiger charge is -2.34. The average Bonchev–Trinajstić information content (AvgIpc) is 2.47. The van der Waals surface area contributed by atoms with E-state index < -0.39 is 0 Å². The van der Waals surface area contributed by atoms with E-state index in [1.807, 2.05) is 11.9 Å². The van der Waals surface area contributed by atoms with Crippen molar-refractivity contribution in [1.29, 1.82) is 0 Å². The number of nitrogens with zero attached hydrogens (tertiary/aromatic N) is 1. The SMILES string of the molecule is Cc1ccc(C(C)(C)CN(C)C(=O)C2CCCCN2)cc1.Cl. The van der Waals surface area contributed by atoms with Crippen molar-refractivity contribution in [3.8, 4) is 0 Å². The Bertz CT molecular complexity index is 478. The molecule has 1 N–H and O–H groups in total. The van der Waals surface area contributed by atoms with E-state index in [1.165, 1.54) is 17.5 Å². The van der Waals surface area contributed by atoms with Crippen LogP contribution in [0.15, 0.2) is 24.3 Å². The molecule has 1 aliphatic heterocycles. The molecule has 1 aromatic rings. The number of halogens is 1. The number of likely N-dealkylation sites (N-methyl/N-ethyl adjacent to an activating group) is 1.